The fraction of sp³-hybridized carbons (Fsp3) is 0.167. The molecule has 0 atom stereocenters. The van der Waals surface area contributed by atoms with Gasteiger partial charge in [-0.2, -0.15) is 0 Å². The molecule has 0 amide bonds. The van der Waals surface area contributed by atoms with Gasteiger partial charge in [0, 0.05) is 6.20 Å². The molecule has 1 rings (SSSR count). The first-order valence-corrected chi connectivity index (χ1v) is 3.02. The molecule has 0 saturated carbocycles. The normalized spacial score (nSPS) is 10.6. The molecule has 1 aromatic rings. The van der Waals surface area contributed by atoms with E-state index in [1.165, 1.54) is 0 Å². The summed E-state index contributed by atoms with van der Waals surface area (Å²) in [5, 5.41) is 8.92. The lowest BCUT2D eigenvalue weighted by molar-refractivity contribution is 0.147. The zero-order valence-corrected chi connectivity index (χ0v) is 5.84. The highest BCUT2D eigenvalue weighted by molar-refractivity contribution is 5.53. The Balaban J connectivity index is 3.36. The predicted octanol–water partition coefficient (Wildman–Crippen LogP) is 0.600. The van der Waals surface area contributed by atoms with Gasteiger partial charge in [0.1, 0.15) is 5.69 Å². The zero-order valence-electron chi connectivity index (χ0n) is 5.84. The van der Waals surface area contributed by atoms with Gasteiger partial charge in [0.15, 0.2) is 5.75 Å². The maximum absolute atomic E-state index is 12.0. The summed E-state index contributed by atoms with van der Waals surface area (Å²) >= 11 is 0. The van der Waals surface area contributed by atoms with Gasteiger partial charge in [-0.3, -0.25) is 4.79 Å². The van der Waals surface area contributed by atoms with Crippen molar-refractivity contribution in [1.29, 1.82) is 0 Å². The number of nitrogens with two attached hydrogens (primary N) is 1. The highest BCUT2D eigenvalue weighted by Crippen LogP contribution is 2.29. The quantitative estimate of drug-likeness (QED) is 0.586. The van der Waals surface area contributed by atoms with Crippen molar-refractivity contribution in [2.24, 2.45) is 0 Å². The Labute approximate surface area is 65.6 Å². The minimum absolute atomic E-state index is 0.590. The van der Waals surface area contributed by atoms with Crippen LogP contribution >= 0.6 is 0 Å². The van der Waals surface area contributed by atoms with E-state index in [-0.39, 0.29) is 0 Å². The molecule has 4 N–H and O–H groups in total. The van der Waals surface area contributed by atoms with E-state index in [9.17, 15) is 13.6 Å². The number of hydrogen-bond acceptors (Lipinski definition) is 3. The van der Waals surface area contributed by atoms with E-state index in [2.05, 4.69) is 0 Å². The highest BCUT2D eigenvalue weighted by atomic mass is 19.3. The summed E-state index contributed by atoms with van der Waals surface area (Å²) in [6.45, 7) is 0. The minimum atomic E-state index is -2.86. The molecule has 0 bridgehead atoms. The summed E-state index contributed by atoms with van der Waals surface area (Å²) in [5.41, 5.74) is 2.95. The Morgan fingerprint density at radius 3 is 2.67 bits per heavy atom. The average Bonchev–Trinajstić information content (AvgIpc) is 2.00. The van der Waals surface area contributed by atoms with Crippen LogP contribution in [0.4, 0.5) is 14.5 Å². The fourth-order valence-electron chi connectivity index (χ4n) is 0.719. The predicted molar refractivity (Wildman–Crippen MR) is 38.1 cm³/mol. The molecule has 0 saturated heterocycles. The van der Waals surface area contributed by atoms with E-state index in [1.54, 1.807) is 0 Å². The van der Waals surface area contributed by atoms with E-state index >= 15 is 0 Å². The molecule has 0 aromatic carbocycles. The maximum atomic E-state index is 12.0. The van der Waals surface area contributed by atoms with Gasteiger partial charge >= 0.3 is 0 Å². The van der Waals surface area contributed by atoms with Crippen molar-refractivity contribution in [3.63, 3.8) is 0 Å². The number of aromatic amines is 1. The van der Waals surface area contributed by atoms with Gasteiger partial charge in [-0.25, -0.2) is 8.78 Å². The van der Waals surface area contributed by atoms with Crippen molar-refractivity contribution < 1.29 is 13.9 Å². The van der Waals surface area contributed by atoms with Crippen molar-refractivity contribution >= 4 is 5.69 Å². The first-order chi connectivity index (χ1) is 5.54. The van der Waals surface area contributed by atoms with Gasteiger partial charge in [0.05, 0.1) is 5.56 Å². The second-order valence-corrected chi connectivity index (χ2v) is 2.14. The molecule has 0 radical (unpaired) electrons. The monoisotopic (exact) mass is 176 g/mol. The third-order valence-corrected chi connectivity index (χ3v) is 1.37. The van der Waals surface area contributed by atoms with Crippen LogP contribution in [0, 0.1) is 0 Å². The molecule has 1 aromatic heterocycles. The van der Waals surface area contributed by atoms with Crippen molar-refractivity contribution in [2.45, 2.75) is 6.43 Å². The minimum Gasteiger partial charge on any atom is -0.505 e. The van der Waals surface area contributed by atoms with Crippen LogP contribution in [0.25, 0.3) is 0 Å². The maximum Gasteiger partial charge on any atom is 0.274 e. The molecule has 0 unspecified atom stereocenters. The van der Waals surface area contributed by atoms with Gasteiger partial charge in [-0.05, 0) is 0 Å². The third kappa shape index (κ3) is 1.23. The van der Waals surface area contributed by atoms with Gasteiger partial charge in [-0.15, -0.1) is 0 Å². The Morgan fingerprint density at radius 2 is 2.17 bits per heavy atom. The lowest BCUT2D eigenvalue weighted by Gasteiger charge is -2.03. The fourth-order valence-corrected chi connectivity index (χ4v) is 0.719. The van der Waals surface area contributed by atoms with Crippen molar-refractivity contribution in [3.05, 3.63) is 22.1 Å². The van der Waals surface area contributed by atoms with E-state index in [4.69, 9.17) is 10.8 Å². The number of nitrogens with one attached hydrogen (secondary N) is 1. The molecule has 1 heterocycles. The van der Waals surface area contributed by atoms with Crippen LogP contribution in [-0.4, -0.2) is 10.1 Å². The van der Waals surface area contributed by atoms with Crippen LogP contribution in [0.5, 0.6) is 5.75 Å². The van der Waals surface area contributed by atoms with Gasteiger partial charge in [0.25, 0.3) is 12.0 Å². The second kappa shape index (κ2) is 2.80. The molecule has 4 nitrogen and oxygen atoms in total. The Morgan fingerprint density at radius 1 is 1.58 bits per heavy atom. The standard InChI is InChI=1S/C6H6F2N2O2/c7-5(8)2-1-10-6(12)3(9)4(2)11/h1,5H,9H2,(H2,10,11,12). The summed E-state index contributed by atoms with van der Waals surface area (Å²) < 4.78 is 24.0. The number of H-pyrrole nitrogens is 1. The van der Waals surface area contributed by atoms with E-state index in [0.717, 1.165) is 6.20 Å². The topological polar surface area (TPSA) is 79.1 Å². The SMILES string of the molecule is Nc1c(O)c(C(F)F)c[nH]c1=O. The number of nitrogen functional groups attached to an aromatic ring is 1. The molecule has 0 fully saturated rings. The lowest BCUT2D eigenvalue weighted by Crippen LogP contribution is -2.12. The largest absolute Gasteiger partial charge is 0.505 e. The number of rotatable bonds is 1. The molecule has 0 spiro atoms. The first-order valence-electron chi connectivity index (χ1n) is 3.02. The van der Waals surface area contributed by atoms with Crippen LogP contribution in [-0.2, 0) is 0 Å². The highest BCUT2D eigenvalue weighted by Gasteiger charge is 2.16. The number of hydrogen-bond donors (Lipinski definition) is 3. The van der Waals surface area contributed by atoms with Crippen molar-refractivity contribution in [1.82, 2.24) is 4.98 Å². The summed E-state index contributed by atoms with van der Waals surface area (Å²) in [4.78, 5) is 12.6. The molecule has 0 aliphatic rings. The Hall–Kier alpha value is -1.59. The van der Waals surface area contributed by atoms with Crippen LogP contribution in [0.3, 0.4) is 0 Å². The van der Waals surface area contributed by atoms with Gasteiger partial charge in [-0.1, -0.05) is 0 Å². The van der Waals surface area contributed by atoms with Crippen LogP contribution in [0.1, 0.15) is 12.0 Å². The van der Waals surface area contributed by atoms with Crippen LogP contribution in [0.2, 0.25) is 0 Å². The number of pyridine rings is 1. The molecule has 0 aliphatic heterocycles. The third-order valence-electron chi connectivity index (χ3n) is 1.37. The summed E-state index contributed by atoms with van der Waals surface area (Å²) in [6, 6.07) is 0. The van der Waals surface area contributed by atoms with Crippen LogP contribution in [0.15, 0.2) is 11.0 Å². The van der Waals surface area contributed by atoms with Crippen LogP contribution < -0.4 is 11.3 Å². The number of anilines is 1. The molecular weight excluding hydrogens is 170 g/mol. The molecule has 6 heteroatoms. The Kier molecular flexibility index (Phi) is 1.99. The molecule has 12 heavy (non-hydrogen) atoms. The lowest BCUT2D eigenvalue weighted by atomic mass is 10.2. The second-order valence-electron chi connectivity index (χ2n) is 2.14. The molecule has 66 valence electrons. The summed E-state index contributed by atoms with van der Waals surface area (Å²) in [7, 11) is 0. The number of alkyl halides is 2. The summed E-state index contributed by atoms with van der Waals surface area (Å²) in [5.74, 6) is -0.853. The average molecular weight is 176 g/mol. The van der Waals surface area contributed by atoms with Crippen molar-refractivity contribution in [3.8, 4) is 5.75 Å². The number of aromatic hydroxyl groups is 1. The molecule has 0 aliphatic carbocycles. The van der Waals surface area contributed by atoms with E-state index < -0.39 is 29.0 Å². The molecular formula is C6H6F2N2O2. The van der Waals surface area contributed by atoms with E-state index in [0.29, 0.717) is 0 Å². The first kappa shape index (κ1) is 8.51. The van der Waals surface area contributed by atoms with Gasteiger partial charge in [0.2, 0.25) is 0 Å². The number of aromatic nitrogens is 1. The number of halogens is 2. The zero-order chi connectivity index (χ0) is 9.30. The summed E-state index contributed by atoms with van der Waals surface area (Å²) in [6.07, 6.45) is -2.12. The van der Waals surface area contributed by atoms with E-state index in [1.807, 2.05) is 4.98 Å². The van der Waals surface area contributed by atoms with Gasteiger partial charge < -0.3 is 15.8 Å². The smallest absolute Gasteiger partial charge is 0.274 e. The van der Waals surface area contributed by atoms with Crippen molar-refractivity contribution in [2.75, 3.05) is 5.73 Å². The Bertz CT molecular complexity index is 348.